The summed E-state index contributed by atoms with van der Waals surface area (Å²) in [7, 11) is 0. The average Bonchev–Trinajstić information content (AvgIpc) is 3.86. The molecular formula is C60H40. The Morgan fingerprint density at radius 1 is 0.250 bits per heavy atom. The first kappa shape index (κ1) is 33.7. The Labute approximate surface area is 351 Å². The second-order valence-corrected chi connectivity index (χ2v) is 17.5. The molecule has 3 aliphatic rings. The van der Waals surface area contributed by atoms with Crippen molar-refractivity contribution in [1.29, 1.82) is 0 Å². The minimum atomic E-state index is -0.407. The first-order valence-electron chi connectivity index (χ1n) is 21.3. The summed E-state index contributed by atoms with van der Waals surface area (Å²) in [6, 6.07) is 78.1. The van der Waals surface area contributed by atoms with Crippen LogP contribution >= 0.6 is 0 Å². The van der Waals surface area contributed by atoms with Gasteiger partial charge in [-0.1, -0.05) is 202 Å². The van der Waals surface area contributed by atoms with Crippen LogP contribution < -0.4 is 0 Å². The molecule has 13 rings (SSSR count). The lowest BCUT2D eigenvalue weighted by atomic mass is 9.70. The highest BCUT2D eigenvalue weighted by atomic mass is 14.5. The summed E-state index contributed by atoms with van der Waals surface area (Å²) in [6.07, 6.45) is 0. The molecule has 280 valence electrons. The van der Waals surface area contributed by atoms with Crippen LogP contribution in [0.4, 0.5) is 0 Å². The number of hydrogen-bond acceptors (Lipinski definition) is 0. The lowest BCUT2D eigenvalue weighted by Crippen LogP contribution is -2.25. The predicted molar refractivity (Wildman–Crippen MR) is 252 cm³/mol. The van der Waals surface area contributed by atoms with E-state index in [2.05, 4.69) is 220 Å². The molecule has 0 radical (unpaired) electrons. The van der Waals surface area contributed by atoms with E-state index in [1.807, 2.05) is 0 Å². The van der Waals surface area contributed by atoms with E-state index in [-0.39, 0.29) is 5.41 Å². The van der Waals surface area contributed by atoms with Crippen molar-refractivity contribution in [2.24, 2.45) is 0 Å². The van der Waals surface area contributed by atoms with Crippen molar-refractivity contribution in [1.82, 2.24) is 0 Å². The number of hydrogen-bond donors (Lipinski definition) is 0. The summed E-state index contributed by atoms with van der Waals surface area (Å²) in [6.45, 7) is 4.73. The lowest BCUT2D eigenvalue weighted by Gasteiger charge is -2.31. The molecular weight excluding hydrogens is 721 g/mol. The fourth-order valence-electron chi connectivity index (χ4n) is 11.7. The van der Waals surface area contributed by atoms with Gasteiger partial charge >= 0.3 is 0 Å². The Balaban J connectivity index is 1.12. The maximum Gasteiger partial charge on any atom is 0.0725 e. The summed E-state index contributed by atoms with van der Waals surface area (Å²) in [5.74, 6) is 0. The van der Waals surface area contributed by atoms with Gasteiger partial charge in [-0.15, -0.1) is 0 Å². The molecule has 0 amide bonds. The topological polar surface area (TPSA) is 0 Å². The molecule has 0 N–H and O–H groups in total. The number of rotatable bonds is 3. The van der Waals surface area contributed by atoms with E-state index in [0.29, 0.717) is 0 Å². The molecule has 0 bridgehead atoms. The molecule has 0 heteroatoms. The molecule has 1 spiro atoms. The largest absolute Gasteiger partial charge is 0.0725 e. The molecule has 0 saturated carbocycles. The third kappa shape index (κ3) is 4.30. The highest BCUT2D eigenvalue weighted by molar-refractivity contribution is 6.22. The van der Waals surface area contributed by atoms with Crippen LogP contribution in [0.5, 0.6) is 0 Å². The van der Waals surface area contributed by atoms with Gasteiger partial charge in [-0.3, -0.25) is 0 Å². The highest BCUT2D eigenvalue weighted by Gasteiger charge is 2.51. The number of benzene rings is 10. The second kappa shape index (κ2) is 12.1. The molecule has 0 saturated heterocycles. The van der Waals surface area contributed by atoms with Crippen molar-refractivity contribution in [3.8, 4) is 66.8 Å². The standard InChI is InChI=1S/C60H40/c1-59(2)51-24-12-8-21-44(51)49-35-39(30-33-52(49)59)58-47-23-7-6-22-46(47)57(48-32-28-38(34-50(48)58)37-16-4-3-5-17-37)40-29-31-45-43-20-11-15-27-55(43)60(56(45)36-40)53-25-13-9-18-41(53)42-19-10-14-26-54(42)60/h3-36H,1-2H3. The van der Waals surface area contributed by atoms with Gasteiger partial charge in [0.05, 0.1) is 5.41 Å². The Morgan fingerprint density at radius 2 is 0.683 bits per heavy atom. The van der Waals surface area contributed by atoms with Crippen molar-refractivity contribution < 1.29 is 0 Å². The normalized spacial score (nSPS) is 14.4. The van der Waals surface area contributed by atoms with Crippen LogP contribution in [0.15, 0.2) is 206 Å². The summed E-state index contributed by atoms with van der Waals surface area (Å²) in [5, 5.41) is 5.07. The van der Waals surface area contributed by atoms with E-state index in [4.69, 9.17) is 0 Å². The van der Waals surface area contributed by atoms with Crippen molar-refractivity contribution in [3.05, 3.63) is 240 Å². The summed E-state index contributed by atoms with van der Waals surface area (Å²) < 4.78 is 0. The molecule has 0 aliphatic heterocycles. The van der Waals surface area contributed by atoms with E-state index < -0.39 is 5.41 Å². The second-order valence-electron chi connectivity index (χ2n) is 17.5. The predicted octanol–water partition coefficient (Wildman–Crippen LogP) is 15.6. The first-order chi connectivity index (χ1) is 29.5. The van der Waals surface area contributed by atoms with E-state index in [1.54, 1.807) is 0 Å². The molecule has 0 nitrogen and oxygen atoms in total. The van der Waals surface area contributed by atoms with Gasteiger partial charge in [0, 0.05) is 5.41 Å². The molecule has 3 aliphatic carbocycles. The van der Waals surface area contributed by atoms with Crippen LogP contribution in [-0.4, -0.2) is 0 Å². The zero-order valence-electron chi connectivity index (χ0n) is 33.6. The minimum Gasteiger partial charge on any atom is -0.0622 e. The van der Waals surface area contributed by atoms with Gasteiger partial charge in [0.25, 0.3) is 0 Å². The van der Waals surface area contributed by atoms with Crippen molar-refractivity contribution >= 4 is 21.5 Å². The first-order valence-corrected chi connectivity index (χ1v) is 21.3. The van der Waals surface area contributed by atoms with E-state index in [1.165, 1.54) is 122 Å². The van der Waals surface area contributed by atoms with Gasteiger partial charge in [0.2, 0.25) is 0 Å². The highest BCUT2D eigenvalue weighted by Crippen LogP contribution is 2.63. The van der Waals surface area contributed by atoms with E-state index >= 15 is 0 Å². The van der Waals surface area contributed by atoms with E-state index in [9.17, 15) is 0 Å². The van der Waals surface area contributed by atoms with Crippen LogP contribution in [0.25, 0.3) is 88.3 Å². The van der Waals surface area contributed by atoms with Crippen molar-refractivity contribution in [2.45, 2.75) is 24.7 Å². The van der Waals surface area contributed by atoms with Gasteiger partial charge in [-0.2, -0.15) is 0 Å². The maximum atomic E-state index is 2.55. The smallest absolute Gasteiger partial charge is 0.0622 e. The van der Waals surface area contributed by atoms with Crippen LogP contribution in [-0.2, 0) is 10.8 Å². The van der Waals surface area contributed by atoms with Gasteiger partial charge < -0.3 is 0 Å². The third-order valence-electron chi connectivity index (χ3n) is 14.3. The van der Waals surface area contributed by atoms with Crippen molar-refractivity contribution in [2.75, 3.05) is 0 Å². The summed E-state index contributed by atoms with van der Waals surface area (Å²) in [4.78, 5) is 0. The molecule has 10 aromatic rings. The van der Waals surface area contributed by atoms with E-state index in [0.717, 1.165) is 0 Å². The van der Waals surface area contributed by atoms with Gasteiger partial charge in [-0.25, -0.2) is 0 Å². The Morgan fingerprint density at radius 3 is 1.32 bits per heavy atom. The van der Waals surface area contributed by atoms with Gasteiger partial charge in [-0.05, 0) is 140 Å². The molecule has 0 unspecified atom stereocenters. The Kier molecular flexibility index (Phi) is 6.81. The third-order valence-corrected chi connectivity index (χ3v) is 14.3. The lowest BCUT2D eigenvalue weighted by molar-refractivity contribution is 0.660. The Bertz CT molecular complexity index is 3390. The van der Waals surface area contributed by atoms with Crippen LogP contribution in [0, 0.1) is 0 Å². The summed E-state index contributed by atoms with van der Waals surface area (Å²) >= 11 is 0. The fourth-order valence-corrected chi connectivity index (χ4v) is 11.7. The zero-order valence-corrected chi connectivity index (χ0v) is 33.6. The van der Waals surface area contributed by atoms with Crippen LogP contribution in [0.2, 0.25) is 0 Å². The monoisotopic (exact) mass is 760 g/mol. The molecule has 0 aromatic heterocycles. The molecule has 60 heavy (non-hydrogen) atoms. The van der Waals surface area contributed by atoms with Crippen LogP contribution in [0.1, 0.15) is 47.2 Å². The number of fused-ring (bicyclic) bond motifs is 15. The molecule has 0 atom stereocenters. The van der Waals surface area contributed by atoms with Gasteiger partial charge in [0.1, 0.15) is 0 Å². The maximum absolute atomic E-state index is 2.55. The minimum absolute atomic E-state index is 0.0517. The molecule has 0 fully saturated rings. The van der Waals surface area contributed by atoms with Crippen molar-refractivity contribution in [3.63, 3.8) is 0 Å². The fraction of sp³-hybridized carbons (Fsp3) is 0.0667. The molecule has 10 aromatic carbocycles. The summed E-state index contributed by atoms with van der Waals surface area (Å²) in [5.41, 5.74) is 23.3. The average molecular weight is 761 g/mol. The Hall–Kier alpha value is -7.28. The quantitative estimate of drug-likeness (QED) is 0.157. The zero-order chi connectivity index (χ0) is 39.7. The van der Waals surface area contributed by atoms with Gasteiger partial charge in [0.15, 0.2) is 0 Å². The molecule has 0 heterocycles. The van der Waals surface area contributed by atoms with Crippen LogP contribution in [0.3, 0.4) is 0 Å². The SMILES string of the molecule is CC1(C)c2ccccc2-c2cc(-c3c4ccccc4c(-c4ccc5c(c4)C4(c6ccccc6-c6ccccc64)c4ccccc4-5)c4ccc(-c5ccccc5)cc34)ccc21.